The molecular weight excluding hydrogens is 200 g/mol. The minimum atomic E-state index is 0.731. The molecule has 1 aromatic heterocycles. The van der Waals surface area contributed by atoms with Crippen molar-refractivity contribution in [3.05, 3.63) is 18.2 Å². The molecule has 0 spiro atoms. The van der Waals surface area contributed by atoms with Crippen LogP contribution in [0.3, 0.4) is 0 Å². The van der Waals surface area contributed by atoms with E-state index in [9.17, 15) is 0 Å². The van der Waals surface area contributed by atoms with E-state index in [1.807, 2.05) is 12.4 Å². The zero-order valence-corrected chi connectivity index (χ0v) is 9.89. The molecule has 16 heavy (non-hydrogen) atoms. The second kappa shape index (κ2) is 4.18. The Labute approximate surface area is 96.7 Å². The van der Waals surface area contributed by atoms with Gasteiger partial charge in [0.2, 0.25) is 0 Å². The number of hydrogen-bond acceptors (Lipinski definition) is 3. The Morgan fingerprint density at radius 3 is 3.06 bits per heavy atom. The quantitative estimate of drug-likeness (QED) is 0.810. The van der Waals surface area contributed by atoms with E-state index >= 15 is 0 Å². The number of nitrogens with one attached hydrogen (secondary N) is 1. The van der Waals surface area contributed by atoms with Gasteiger partial charge in [0, 0.05) is 45.1 Å². The summed E-state index contributed by atoms with van der Waals surface area (Å²) in [5.41, 5.74) is 0. The first-order valence-corrected chi connectivity index (χ1v) is 6.25. The van der Waals surface area contributed by atoms with Crippen molar-refractivity contribution in [3.8, 4) is 0 Å². The van der Waals surface area contributed by atoms with Crippen molar-refractivity contribution in [1.29, 1.82) is 0 Å². The van der Waals surface area contributed by atoms with Crippen LogP contribution in [0.15, 0.2) is 12.4 Å². The molecule has 2 heterocycles. The molecule has 2 aliphatic rings. The maximum atomic E-state index is 4.40. The summed E-state index contributed by atoms with van der Waals surface area (Å²) in [6, 6.07) is 0.731. The van der Waals surface area contributed by atoms with E-state index in [1.165, 1.54) is 25.2 Å². The third-order valence-electron chi connectivity index (χ3n) is 3.77. The van der Waals surface area contributed by atoms with Crippen molar-refractivity contribution in [2.75, 3.05) is 19.6 Å². The van der Waals surface area contributed by atoms with Gasteiger partial charge in [0.25, 0.3) is 0 Å². The number of hydrogen-bond donors (Lipinski definition) is 1. The van der Waals surface area contributed by atoms with Crippen molar-refractivity contribution < 1.29 is 0 Å². The summed E-state index contributed by atoms with van der Waals surface area (Å²) in [7, 11) is 2.07. The van der Waals surface area contributed by atoms with Crippen molar-refractivity contribution in [2.24, 2.45) is 13.0 Å². The van der Waals surface area contributed by atoms with Gasteiger partial charge < -0.3 is 9.88 Å². The van der Waals surface area contributed by atoms with Crippen LogP contribution in [0.2, 0.25) is 0 Å². The third kappa shape index (κ3) is 2.13. The summed E-state index contributed by atoms with van der Waals surface area (Å²) >= 11 is 0. The number of aromatic nitrogens is 2. The molecule has 4 nitrogen and oxygen atoms in total. The Morgan fingerprint density at radius 1 is 1.50 bits per heavy atom. The Morgan fingerprint density at radius 2 is 2.38 bits per heavy atom. The standard InChI is InChI=1S/C12H20N4/c1-15-6-4-14-12(15)9-16-7-5-13-11(8-16)10-2-3-10/h4,6,10-11,13H,2-3,5,7-9H2,1H3. The number of piperazine rings is 1. The number of rotatable bonds is 3. The Hall–Kier alpha value is -0.870. The predicted octanol–water partition coefficient (Wildman–Crippen LogP) is 0.604. The maximum absolute atomic E-state index is 4.40. The molecule has 1 N–H and O–H groups in total. The molecule has 0 amide bonds. The molecule has 1 unspecified atom stereocenters. The molecule has 88 valence electrons. The van der Waals surface area contributed by atoms with Gasteiger partial charge in [0.1, 0.15) is 5.82 Å². The molecule has 1 saturated heterocycles. The van der Waals surface area contributed by atoms with Crippen LogP contribution in [0.5, 0.6) is 0 Å². The van der Waals surface area contributed by atoms with Gasteiger partial charge in [-0.2, -0.15) is 0 Å². The predicted molar refractivity (Wildman–Crippen MR) is 63.0 cm³/mol. The lowest BCUT2D eigenvalue weighted by atomic mass is 10.1. The van der Waals surface area contributed by atoms with Gasteiger partial charge in [-0.25, -0.2) is 4.98 Å². The van der Waals surface area contributed by atoms with Crippen LogP contribution >= 0.6 is 0 Å². The highest BCUT2D eigenvalue weighted by molar-refractivity contribution is 4.95. The van der Waals surface area contributed by atoms with Gasteiger partial charge in [-0.05, 0) is 18.8 Å². The highest BCUT2D eigenvalue weighted by Crippen LogP contribution is 2.33. The summed E-state index contributed by atoms with van der Waals surface area (Å²) in [5, 5.41) is 3.64. The van der Waals surface area contributed by atoms with Crippen LogP contribution in [0.4, 0.5) is 0 Å². The van der Waals surface area contributed by atoms with Gasteiger partial charge in [-0.1, -0.05) is 0 Å². The molecule has 4 heteroatoms. The number of nitrogens with zero attached hydrogens (tertiary/aromatic N) is 3. The highest BCUT2D eigenvalue weighted by Gasteiger charge is 2.33. The lowest BCUT2D eigenvalue weighted by molar-refractivity contribution is 0.176. The molecule has 0 radical (unpaired) electrons. The van der Waals surface area contributed by atoms with E-state index in [4.69, 9.17) is 0 Å². The fourth-order valence-electron chi connectivity index (χ4n) is 2.55. The fourth-order valence-corrected chi connectivity index (χ4v) is 2.55. The van der Waals surface area contributed by atoms with Gasteiger partial charge in [-0.15, -0.1) is 0 Å². The van der Waals surface area contributed by atoms with Crippen molar-refractivity contribution in [3.63, 3.8) is 0 Å². The first-order chi connectivity index (χ1) is 7.83. The average Bonchev–Trinajstić information content (AvgIpc) is 3.06. The largest absolute Gasteiger partial charge is 0.337 e. The van der Waals surface area contributed by atoms with E-state index in [0.29, 0.717) is 0 Å². The molecule has 1 aliphatic carbocycles. The van der Waals surface area contributed by atoms with E-state index in [0.717, 1.165) is 31.6 Å². The van der Waals surface area contributed by atoms with Crippen LogP contribution in [0.1, 0.15) is 18.7 Å². The van der Waals surface area contributed by atoms with Crippen LogP contribution in [0.25, 0.3) is 0 Å². The smallest absolute Gasteiger partial charge is 0.122 e. The normalized spacial score (nSPS) is 27.2. The van der Waals surface area contributed by atoms with Crippen LogP contribution < -0.4 is 5.32 Å². The number of imidazole rings is 1. The van der Waals surface area contributed by atoms with Crippen molar-refractivity contribution in [2.45, 2.75) is 25.4 Å². The summed E-state index contributed by atoms with van der Waals surface area (Å²) in [6.45, 7) is 4.47. The second-order valence-electron chi connectivity index (χ2n) is 5.09. The van der Waals surface area contributed by atoms with Crippen LogP contribution in [-0.4, -0.2) is 40.1 Å². The Kier molecular flexibility index (Phi) is 2.69. The third-order valence-corrected chi connectivity index (χ3v) is 3.77. The lowest BCUT2D eigenvalue weighted by Crippen LogP contribution is -2.51. The van der Waals surface area contributed by atoms with Gasteiger partial charge in [0.05, 0.1) is 6.54 Å². The highest BCUT2D eigenvalue weighted by atomic mass is 15.2. The molecule has 1 atom stereocenters. The minimum absolute atomic E-state index is 0.731. The van der Waals surface area contributed by atoms with Crippen LogP contribution in [0, 0.1) is 5.92 Å². The Balaban J connectivity index is 1.60. The van der Waals surface area contributed by atoms with E-state index in [1.54, 1.807) is 0 Å². The fraction of sp³-hybridized carbons (Fsp3) is 0.750. The molecule has 1 saturated carbocycles. The Bertz CT molecular complexity index is 356. The summed E-state index contributed by atoms with van der Waals surface area (Å²) in [6.07, 6.45) is 6.76. The monoisotopic (exact) mass is 220 g/mol. The molecule has 0 aromatic carbocycles. The molecular formula is C12H20N4. The molecule has 2 fully saturated rings. The SMILES string of the molecule is Cn1ccnc1CN1CCNC(C2CC2)C1. The van der Waals surface area contributed by atoms with Crippen molar-refractivity contribution in [1.82, 2.24) is 19.8 Å². The molecule has 1 aromatic rings. The van der Waals surface area contributed by atoms with Crippen LogP contribution in [-0.2, 0) is 13.6 Å². The average molecular weight is 220 g/mol. The summed E-state index contributed by atoms with van der Waals surface area (Å²) in [4.78, 5) is 6.93. The lowest BCUT2D eigenvalue weighted by Gasteiger charge is -2.33. The van der Waals surface area contributed by atoms with Gasteiger partial charge >= 0.3 is 0 Å². The molecule has 0 bridgehead atoms. The first-order valence-electron chi connectivity index (χ1n) is 6.25. The van der Waals surface area contributed by atoms with Gasteiger partial charge in [0.15, 0.2) is 0 Å². The molecule has 3 rings (SSSR count). The maximum Gasteiger partial charge on any atom is 0.122 e. The second-order valence-corrected chi connectivity index (χ2v) is 5.09. The topological polar surface area (TPSA) is 33.1 Å². The molecule has 1 aliphatic heterocycles. The number of aryl methyl sites for hydroxylation is 1. The summed E-state index contributed by atoms with van der Waals surface area (Å²) < 4.78 is 2.12. The zero-order valence-electron chi connectivity index (χ0n) is 9.89. The minimum Gasteiger partial charge on any atom is -0.337 e. The van der Waals surface area contributed by atoms with E-state index < -0.39 is 0 Å². The summed E-state index contributed by atoms with van der Waals surface area (Å²) in [5.74, 6) is 2.13. The van der Waals surface area contributed by atoms with E-state index in [-0.39, 0.29) is 0 Å². The van der Waals surface area contributed by atoms with E-state index in [2.05, 4.69) is 26.8 Å². The zero-order chi connectivity index (χ0) is 11.0. The first kappa shape index (κ1) is 10.3. The van der Waals surface area contributed by atoms with Gasteiger partial charge in [-0.3, -0.25) is 4.90 Å². The van der Waals surface area contributed by atoms with Crippen molar-refractivity contribution >= 4 is 0 Å².